The molecule has 31 heavy (non-hydrogen) atoms. The summed E-state index contributed by atoms with van der Waals surface area (Å²) in [4.78, 5) is 18.7. The Balaban J connectivity index is 1.79. The van der Waals surface area contributed by atoms with Crippen molar-refractivity contribution in [2.24, 2.45) is 10.9 Å². The first-order chi connectivity index (χ1) is 14.5. The highest BCUT2D eigenvalue weighted by Crippen LogP contribution is 2.31. The number of aliphatic imine (C=N–C) groups is 1. The second-order valence-corrected chi connectivity index (χ2v) is 9.59. The molecule has 0 radical (unpaired) electrons. The zero-order chi connectivity index (χ0) is 23.1. The van der Waals surface area contributed by atoms with Crippen molar-refractivity contribution < 1.29 is 14.3 Å². The molecule has 1 aliphatic rings. The molecular weight excluding hydrogens is 394 g/mol. The second-order valence-electron chi connectivity index (χ2n) is 9.59. The van der Waals surface area contributed by atoms with Crippen molar-refractivity contribution in [2.45, 2.75) is 52.2 Å². The number of benzene rings is 1. The number of carbonyl (C=O) groups is 1. The maximum absolute atomic E-state index is 12.1. The largest absolute Gasteiger partial charge is 0.495 e. The van der Waals surface area contributed by atoms with Crippen LogP contribution in [0.15, 0.2) is 29.3 Å². The van der Waals surface area contributed by atoms with E-state index in [1.165, 1.54) is 0 Å². The standard InChI is InChI=1S/C23H39N5O3/c1-22(2,3)31-21(29)27-23(4,5)16-26-20(24-6)25-14-17-12-13-28(15-17)18-10-8-9-11-19(18)30-7/h8-11,17H,12-16H2,1-7H3,(H,27,29)(H2,24,25,26). The van der Waals surface area contributed by atoms with Gasteiger partial charge in [-0.15, -0.1) is 0 Å². The van der Waals surface area contributed by atoms with Gasteiger partial charge < -0.3 is 30.3 Å². The summed E-state index contributed by atoms with van der Waals surface area (Å²) in [6.45, 7) is 12.8. The monoisotopic (exact) mass is 433 g/mol. The van der Waals surface area contributed by atoms with Crippen molar-refractivity contribution in [2.75, 3.05) is 45.2 Å². The number of guanidine groups is 1. The molecule has 1 aromatic rings. The maximum Gasteiger partial charge on any atom is 0.408 e. The summed E-state index contributed by atoms with van der Waals surface area (Å²) in [5.74, 6) is 2.14. The van der Waals surface area contributed by atoms with Gasteiger partial charge in [0.1, 0.15) is 11.4 Å². The summed E-state index contributed by atoms with van der Waals surface area (Å²) in [5.41, 5.74) is 0.128. The van der Waals surface area contributed by atoms with Gasteiger partial charge in [-0.05, 0) is 59.1 Å². The summed E-state index contributed by atoms with van der Waals surface area (Å²) in [7, 11) is 3.46. The molecule has 1 unspecified atom stereocenters. The van der Waals surface area contributed by atoms with E-state index < -0.39 is 17.2 Å². The van der Waals surface area contributed by atoms with Crippen molar-refractivity contribution in [3.05, 3.63) is 24.3 Å². The fourth-order valence-corrected chi connectivity index (χ4v) is 3.50. The van der Waals surface area contributed by atoms with Crippen LogP contribution in [0.25, 0.3) is 0 Å². The molecule has 1 atom stereocenters. The van der Waals surface area contributed by atoms with Crippen molar-refractivity contribution in [1.29, 1.82) is 0 Å². The Hall–Kier alpha value is -2.64. The number of nitrogens with zero attached hydrogens (tertiary/aromatic N) is 2. The Bertz CT molecular complexity index is 758. The summed E-state index contributed by atoms with van der Waals surface area (Å²) in [5, 5.41) is 9.61. The number of carbonyl (C=O) groups excluding carboxylic acids is 1. The van der Waals surface area contributed by atoms with Crippen LogP contribution in [0.2, 0.25) is 0 Å². The predicted octanol–water partition coefficient (Wildman–Crippen LogP) is 2.99. The number of methoxy groups -OCH3 is 1. The molecule has 1 saturated heterocycles. The molecule has 3 N–H and O–H groups in total. The fraction of sp³-hybridized carbons (Fsp3) is 0.652. The summed E-state index contributed by atoms with van der Waals surface area (Å²) >= 11 is 0. The van der Waals surface area contributed by atoms with Gasteiger partial charge in [0.15, 0.2) is 5.96 Å². The molecule has 0 aliphatic carbocycles. The number of anilines is 1. The minimum absolute atomic E-state index is 0.426. The van der Waals surface area contributed by atoms with Crippen LogP contribution in [0.1, 0.15) is 41.0 Å². The molecule has 1 aliphatic heterocycles. The third-order valence-electron chi connectivity index (χ3n) is 5.03. The van der Waals surface area contributed by atoms with E-state index in [0.717, 1.165) is 43.5 Å². The molecule has 0 bridgehead atoms. The molecular formula is C23H39N5O3. The van der Waals surface area contributed by atoms with E-state index >= 15 is 0 Å². The average Bonchev–Trinajstić information content (AvgIpc) is 3.14. The van der Waals surface area contributed by atoms with E-state index in [9.17, 15) is 4.79 Å². The number of alkyl carbamates (subject to hydrolysis) is 1. The Morgan fingerprint density at radius 3 is 2.55 bits per heavy atom. The number of rotatable bonds is 7. The Kier molecular flexibility index (Phi) is 8.42. The molecule has 0 saturated carbocycles. The van der Waals surface area contributed by atoms with Crippen molar-refractivity contribution in [3.63, 3.8) is 0 Å². The first kappa shape index (κ1) is 24.6. The SMILES string of the molecule is CN=C(NCC1CCN(c2ccccc2OC)C1)NCC(C)(C)NC(=O)OC(C)(C)C. The molecule has 1 amide bonds. The normalized spacial score (nSPS) is 17.3. The lowest BCUT2D eigenvalue weighted by Crippen LogP contribution is -2.54. The van der Waals surface area contributed by atoms with Crippen LogP contribution in [0.5, 0.6) is 5.75 Å². The van der Waals surface area contributed by atoms with Crippen molar-refractivity contribution in [1.82, 2.24) is 16.0 Å². The van der Waals surface area contributed by atoms with Crippen molar-refractivity contribution >= 4 is 17.7 Å². The quantitative estimate of drug-likeness (QED) is 0.453. The zero-order valence-electron chi connectivity index (χ0n) is 20.0. The van der Waals surface area contributed by atoms with Crippen LogP contribution in [0, 0.1) is 5.92 Å². The number of para-hydroxylation sites is 2. The van der Waals surface area contributed by atoms with E-state index in [4.69, 9.17) is 9.47 Å². The lowest BCUT2D eigenvalue weighted by atomic mass is 10.1. The molecule has 8 heteroatoms. The number of hydrogen-bond donors (Lipinski definition) is 3. The molecule has 1 heterocycles. The summed E-state index contributed by atoms with van der Waals surface area (Å²) in [6.07, 6.45) is 0.679. The topological polar surface area (TPSA) is 87.2 Å². The highest BCUT2D eigenvalue weighted by atomic mass is 16.6. The summed E-state index contributed by atoms with van der Waals surface area (Å²) in [6, 6.07) is 8.14. The van der Waals surface area contributed by atoms with E-state index in [-0.39, 0.29) is 0 Å². The van der Waals surface area contributed by atoms with Gasteiger partial charge in [-0.2, -0.15) is 0 Å². The van der Waals surface area contributed by atoms with E-state index in [1.807, 2.05) is 52.8 Å². The van der Waals surface area contributed by atoms with Crippen LogP contribution in [-0.4, -0.2) is 63.5 Å². The molecule has 1 fully saturated rings. The van der Waals surface area contributed by atoms with Gasteiger partial charge in [0.25, 0.3) is 0 Å². The number of nitrogens with one attached hydrogen (secondary N) is 3. The molecule has 8 nitrogen and oxygen atoms in total. The van der Waals surface area contributed by atoms with Gasteiger partial charge >= 0.3 is 6.09 Å². The first-order valence-corrected chi connectivity index (χ1v) is 10.9. The van der Waals surface area contributed by atoms with E-state index in [0.29, 0.717) is 12.5 Å². The van der Waals surface area contributed by atoms with Crippen LogP contribution in [0.3, 0.4) is 0 Å². The van der Waals surface area contributed by atoms with Crippen LogP contribution >= 0.6 is 0 Å². The van der Waals surface area contributed by atoms with Gasteiger partial charge in [-0.25, -0.2) is 4.79 Å². The van der Waals surface area contributed by atoms with E-state index in [1.54, 1.807) is 14.2 Å². The zero-order valence-corrected chi connectivity index (χ0v) is 20.0. The summed E-state index contributed by atoms with van der Waals surface area (Å²) < 4.78 is 10.8. The predicted molar refractivity (Wildman–Crippen MR) is 126 cm³/mol. The van der Waals surface area contributed by atoms with Crippen LogP contribution < -0.4 is 25.6 Å². The smallest absolute Gasteiger partial charge is 0.408 e. The molecule has 0 aromatic heterocycles. The second kappa shape index (κ2) is 10.6. The fourth-order valence-electron chi connectivity index (χ4n) is 3.50. The van der Waals surface area contributed by atoms with Crippen LogP contribution in [0.4, 0.5) is 10.5 Å². The van der Waals surface area contributed by atoms with Gasteiger partial charge in [-0.3, -0.25) is 4.99 Å². The third-order valence-corrected chi connectivity index (χ3v) is 5.03. The minimum atomic E-state index is -0.524. The molecule has 2 rings (SSSR count). The maximum atomic E-state index is 12.1. The third kappa shape index (κ3) is 8.19. The average molecular weight is 434 g/mol. The highest BCUT2D eigenvalue weighted by Gasteiger charge is 2.26. The van der Waals surface area contributed by atoms with Gasteiger partial charge in [0.2, 0.25) is 0 Å². The van der Waals surface area contributed by atoms with Gasteiger partial charge in [0, 0.05) is 33.2 Å². The van der Waals surface area contributed by atoms with E-state index in [2.05, 4.69) is 31.9 Å². The number of ether oxygens (including phenoxy) is 2. The minimum Gasteiger partial charge on any atom is -0.495 e. The van der Waals surface area contributed by atoms with Gasteiger partial charge in [0.05, 0.1) is 18.3 Å². The Labute approximate surface area is 186 Å². The Morgan fingerprint density at radius 2 is 1.90 bits per heavy atom. The molecule has 0 spiro atoms. The lowest BCUT2D eigenvalue weighted by molar-refractivity contribution is 0.0474. The number of hydrogen-bond acceptors (Lipinski definition) is 5. The van der Waals surface area contributed by atoms with Crippen LogP contribution in [-0.2, 0) is 4.74 Å². The highest BCUT2D eigenvalue weighted by molar-refractivity contribution is 5.79. The number of amides is 1. The van der Waals surface area contributed by atoms with Gasteiger partial charge in [-0.1, -0.05) is 12.1 Å². The first-order valence-electron chi connectivity index (χ1n) is 10.9. The molecule has 174 valence electrons. The Morgan fingerprint density at radius 1 is 1.19 bits per heavy atom. The molecule has 1 aromatic carbocycles. The lowest BCUT2D eigenvalue weighted by Gasteiger charge is -2.29. The van der Waals surface area contributed by atoms with Crippen molar-refractivity contribution in [3.8, 4) is 5.75 Å².